The maximum Gasteiger partial charge on any atom is 0.254 e. The summed E-state index contributed by atoms with van der Waals surface area (Å²) in [5.41, 5.74) is 2.38. The fraction of sp³-hybridized carbons (Fsp3) is 0.625. The van der Waals surface area contributed by atoms with Crippen molar-refractivity contribution in [2.24, 2.45) is 17.8 Å². The molecule has 4 fully saturated rings. The second-order valence-electron chi connectivity index (χ2n) is 10.4. The minimum atomic E-state index is -3.22. The number of carbonyl (C=O) groups is 1. The number of fused-ring (bicyclic) bond motifs is 1. The number of halogens is 1. The number of nitrogens with one attached hydrogen (secondary N) is 2. The number of benzene rings is 1. The topological polar surface area (TPSA) is 80.2 Å². The molecule has 4 saturated carbocycles. The monoisotopic (exact) mass is 477 g/mol. The first-order chi connectivity index (χ1) is 15.1. The lowest BCUT2D eigenvalue weighted by Gasteiger charge is -2.56. The molecule has 0 spiro atoms. The Hall–Kier alpha value is -1.57. The highest BCUT2D eigenvalue weighted by atomic mass is 35.5. The summed E-state index contributed by atoms with van der Waals surface area (Å²) < 4.78 is 27.4. The summed E-state index contributed by atoms with van der Waals surface area (Å²) in [4.78, 5) is 13.7. The molecule has 1 heterocycles. The van der Waals surface area contributed by atoms with E-state index in [9.17, 15) is 13.2 Å². The summed E-state index contributed by atoms with van der Waals surface area (Å²) >= 11 is 6.57. The Morgan fingerprint density at radius 3 is 2.38 bits per heavy atom. The van der Waals surface area contributed by atoms with Crippen LogP contribution in [0.4, 0.5) is 0 Å². The van der Waals surface area contributed by atoms with Gasteiger partial charge in [-0.1, -0.05) is 23.7 Å². The molecule has 0 aliphatic heterocycles. The smallest absolute Gasteiger partial charge is 0.254 e. The first-order valence-electron chi connectivity index (χ1n) is 11.7. The van der Waals surface area contributed by atoms with Crippen molar-refractivity contribution in [3.8, 4) is 0 Å². The van der Waals surface area contributed by atoms with E-state index in [4.69, 9.17) is 11.6 Å². The van der Waals surface area contributed by atoms with E-state index in [2.05, 4.69) is 14.6 Å². The van der Waals surface area contributed by atoms with Crippen molar-refractivity contribution < 1.29 is 13.2 Å². The van der Waals surface area contributed by atoms with Crippen LogP contribution >= 0.6 is 11.6 Å². The quantitative estimate of drug-likeness (QED) is 0.585. The zero-order chi connectivity index (χ0) is 22.7. The molecule has 0 unspecified atom stereocenters. The molecule has 4 aliphatic rings. The van der Waals surface area contributed by atoms with E-state index in [1.807, 2.05) is 25.1 Å². The van der Waals surface area contributed by atoms with E-state index in [0.717, 1.165) is 59.9 Å². The molecule has 8 heteroatoms. The third-order valence-electron chi connectivity index (χ3n) is 7.86. The number of sulfonamides is 1. The van der Waals surface area contributed by atoms with Gasteiger partial charge in [0.15, 0.2) is 0 Å². The van der Waals surface area contributed by atoms with Crippen LogP contribution in [0.3, 0.4) is 0 Å². The van der Waals surface area contributed by atoms with Crippen LogP contribution in [0, 0.1) is 24.7 Å². The number of rotatable bonds is 7. The van der Waals surface area contributed by atoms with Crippen molar-refractivity contribution in [3.63, 3.8) is 0 Å². The van der Waals surface area contributed by atoms with Gasteiger partial charge in [-0.3, -0.25) is 4.79 Å². The Morgan fingerprint density at radius 1 is 1.16 bits per heavy atom. The Kier molecular flexibility index (Phi) is 5.58. The molecule has 1 aromatic heterocycles. The Balaban J connectivity index is 1.43. The molecule has 174 valence electrons. The molecule has 6 nitrogen and oxygen atoms in total. The summed E-state index contributed by atoms with van der Waals surface area (Å²) in [6.45, 7) is 2.89. The molecule has 0 radical (unpaired) electrons. The number of hydrogen-bond acceptors (Lipinski definition) is 3. The standard InChI is InChI=1S/C24H32ClN3O3S/c1-15-21(23(29)27-24-12-16-9-17(13-24)11-18(10-16)14-24)19-5-3-6-20(25)22(19)28(15)8-4-7-26-32(2,30)31/h3,5-6,16-18,26H,4,7-14H2,1-2H3,(H,27,29). The molecule has 4 aliphatic carbocycles. The van der Waals surface area contributed by atoms with Gasteiger partial charge in [-0.2, -0.15) is 0 Å². The first-order valence-corrected chi connectivity index (χ1v) is 14.0. The second kappa shape index (κ2) is 8.03. The van der Waals surface area contributed by atoms with Gasteiger partial charge in [-0.15, -0.1) is 0 Å². The van der Waals surface area contributed by atoms with E-state index in [-0.39, 0.29) is 11.4 Å². The van der Waals surface area contributed by atoms with E-state index in [1.165, 1.54) is 19.3 Å². The van der Waals surface area contributed by atoms with Gasteiger partial charge in [0.25, 0.3) is 5.91 Å². The third-order valence-corrected chi connectivity index (χ3v) is 8.89. The third kappa shape index (κ3) is 4.08. The fourth-order valence-corrected chi connectivity index (χ4v) is 7.91. The van der Waals surface area contributed by atoms with Crippen LogP contribution in [0.25, 0.3) is 10.9 Å². The van der Waals surface area contributed by atoms with E-state index in [1.54, 1.807) is 0 Å². The van der Waals surface area contributed by atoms with Crippen LogP contribution in [-0.2, 0) is 16.6 Å². The number of para-hydroxylation sites is 1. The lowest BCUT2D eigenvalue weighted by atomic mass is 9.53. The van der Waals surface area contributed by atoms with Crippen LogP contribution < -0.4 is 10.0 Å². The van der Waals surface area contributed by atoms with Gasteiger partial charge in [0.2, 0.25) is 10.0 Å². The maximum atomic E-state index is 13.7. The number of amides is 1. The highest BCUT2D eigenvalue weighted by molar-refractivity contribution is 7.88. The second-order valence-corrected chi connectivity index (χ2v) is 12.7. The number of aromatic nitrogens is 1. The van der Waals surface area contributed by atoms with Crippen molar-refractivity contribution in [1.82, 2.24) is 14.6 Å². The lowest BCUT2D eigenvalue weighted by Crippen LogP contribution is -2.59. The lowest BCUT2D eigenvalue weighted by molar-refractivity contribution is -0.0166. The number of carbonyl (C=O) groups excluding carboxylic acids is 1. The Morgan fingerprint density at radius 2 is 1.78 bits per heavy atom. The SMILES string of the molecule is Cc1c(C(=O)NC23CC4CC(CC(C4)C2)C3)c2cccc(Cl)c2n1CCCNS(C)(=O)=O. The zero-order valence-electron chi connectivity index (χ0n) is 18.8. The van der Waals surface area contributed by atoms with Gasteiger partial charge in [-0.05, 0) is 75.7 Å². The summed E-state index contributed by atoms with van der Waals surface area (Å²) in [7, 11) is -3.22. The average molecular weight is 478 g/mol. The van der Waals surface area contributed by atoms with Gasteiger partial charge < -0.3 is 9.88 Å². The molecular weight excluding hydrogens is 446 g/mol. The van der Waals surface area contributed by atoms with Crippen LogP contribution in [0.15, 0.2) is 18.2 Å². The molecule has 1 amide bonds. The molecule has 4 bridgehead atoms. The molecule has 0 saturated heterocycles. The highest BCUT2D eigenvalue weighted by Gasteiger charge is 2.51. The van der Waals surface area contributed by atoms with E-state index >= 15 is 0 Å². The predicted octanol–water partition coefficient (Wildman–Crippen LogP) is 4.24. The number of nitrogens with zero attached hydrogens (tertiary/aromatic N) is 1. The zero-order valence-corrected chi connectivity index (χ0v) is 20.4. The molecule has 32 heavy (non-hydrogen) atoms. The minimum Gasteiger partial charge on any atom is -0.346 e. The summed E-state index contributed by atoms with van der Waals surface area (Å²) in [5.74, 6) is 2.30. The summed E-state index contributed by atoms with van der Waals surface area (Å²) in [6.07, 6.45) is 9.12. The largest absolute Gasteiger partial charge is 0.346 e. The Labute approximate surface area is 195 Å². The highest BCUT2D eigenvalue weighted by Crippen LogP contribution is 2.55. The van der Waals surface area contributed by atoms with E-state index < -0.39 is 10.0 Å². The normalized spacial score (nSPS) is 29.0. The first kappa shape index (κ1) is 22.2. The number of hydrogen-bond donors (Lipinski definition) is 2. The predicted molar refractivity (Wildman–Crippen MR) is 128 cm³/mol. The average Bonchev–Trinajstić information content (AvgIpc) is 2.95. The molecule has 6 rings (SSSR count). The van der Waals surface area contributed by atoms with Crippen molar-refractivity contribution in [2.75, 3.05) is 12.8 Å². The Bertz CT molecular complexity index is 1140. The van der Waals surface area contributed by atoms with Gasteiger partial charge >= 0.3 is 0 Å². The van der Waals surface area contributed by atoms with Crippen molar-refractivity contribution >= 4 is 38.4 Å². The van der Waals surface area contributed by atoms with Gasteiger partial charge in [0.05, 0.1) is 22.4 Å². The summed E-state index contributed by atoms with van der Waals surface area (Å²) in [6, 6.07) is 5.70. The maximum absolute atomic E-state index is 13.7. The van der Waals surface area contributed by atoms with Crippen molar-refractivity contribution in [2.45, 2.75) is 64.0 Å². The van der Waals surface area contributed by atoms with Crippen molar-refractivity contribution in [1.29, 1.82) is 0 Å². The molecule has 2 aromatic rings. The van der Waals surface area contributed by atoms with E-state index in [0.29, 0.717) is 30.1 Å². The molecule has 1 aromatic carbocycles. The molecule has 0 atom stereocenters. The van der Waals surface area contributed by atoms with Crippen molar-refractivity contribution in [3.05, 3.63) is 34.5 Å². The summed E-state index contributed by atoms with van der Waals surface area (Å²) in [5, 5.41) is 4.98. The molecule has 2 N–H and O–H groups in total. The fourth-order valence-electron chi connectivity index (χ4n) is 7.12. The van der Waals surface area contributed by atoms with Gasteiger partial charge in [0.1, 0.15) is 0 Å². The van der Waals surface area contributed by atoms with Crippen LogP contribution in [0.2, 0.25) is 5.02 Å². The van der Waals surface area contributed by atoms with Crippen LogP contribution in [-0.4, -0.2) is 37.2 Å². The molecular formula is C24H32ClN3O3S. The minimum absolute atomic E-state index is 0.00438. The van der Waals surface area contributed by atoms with Crippen LogP contribution in [0.5, 0.6) is 0 Å². The van der Waals surface area contributed by atoms with Crippen LogP contribution in [0.1, 0.15) is 61.0 Å². The number of aryl methyl sites for hydroxylation is 1. The van der Waals surface area contributed by atoms with Gasteiger partial charge in [-0.25, -0.2) is 13.1 Å². The van der Waals surface area contributed by atoms with Gasteiger partial charge in [0, 0.05) is 29.7 Å².